The van der Waals surface area contributed by atoms with Crippen molar-refractivity contribution in [2.75, 3.05) is 19.8 Å². The van der Waals surface area contributed by atoms with Gasteiger partial charge >= 0.3 is 5.97 Å². The Hall–Kier alpha value is -1.80. The van der Waals surface area contributed by atoms with Gasteiger partial charge in [0.15, 0.2) is 0 Å². The predicted octanol–water partition coefficient (Wildman–Crippen LogP) is 3.42. The molecule has 1 spiro atoms. The number of likely N-dealkylation sites (tertiary alicyclic amines) is 1. The van der Waals surface area contributed by atoms with E-state index in [-0.39, 0.29) is 30.9 Å². The molecular weight excluding hydrogens is 464 g/mol. The molecule has 2 bridgehead atoms. The molecule has 0 aliphatic carbocycles. The van der Waals surface area contributed by atoms with Crippen molar-refractivity contribution in [2.45, 2.75) is 87.9 Å². The van der Waals surface area contributed by atoms with Gasteiger partial charge in [-0.05, 0) is 46.5 Å². The summed E-state index contributed by atoms with van der Waals surface area (Å²) in [7, 11) is 0. The second kappa shape index (κ2) is 9.92. The van der Waals surface area contributed by atoms with Crippen molar-refractivity contribution < 1.29 is 24.2 Å². The maximum atomic E-state index is 14.4. The van der Waals surface area contributed by atoms with Gasteiger partial charge in [-0.3, -0.25) is 14.4 Å². The summed E-state index contributed by atoms with van der Waals surface area (Å²) in [6.07, 6.45) is 5.35. The third-order valence-electron chi connectivity index (χ3n) is 8.28. The second-order valence-electron chi connectivity index (χ2n) is 11.4. The Labute approximate surface area is 214 Å². The summed E-state index contributed by atoms with van der Waals surface area (Å²) in [4.78, 5) is 45.4. The van der Waals surface area contributed by atoms with E-state index in [1.165, 1.54) is 6.08 Å². The molecule has 3 aliphatic heterocycles. The molecule has 35 heavy (non-hydrogen) atoms. The first-order valence-electron chi connectivity index (χ1n) is 12.7. The quantitative estimate of drug-likeness (QED) is 0.361. The number of carbonyl (C=O) groups is 3. The van der Waals surface area contributed by atoms with Crippen LogP contribution < -0.4 is 0 Å². The molecule has 2 amide bonds. The van der Waals surface area contributed by atoms with E-state index in [2.05, 4.69) is 13.2 Å². The van der Waals surface area contributed by atoms with Crippen molar-refractivity contribution >= 4 is 29.5 Å². The summed E-state index contributed by atoms with van der Waals surface area (Å²) in [6, 6.07) is -1.28. The van der Waals surface area contributed by atoms with Gasteiger partial charge in [-0.1, -0.05) is 39.0 Å². The standard InChI is InChI=1S/C27H42N2O5S/c1-9-14-28(25(5,6)7)23(32)21-27-13-12-26(8,35-27)20(24(33)34-15-10-2)19(27)22(31)29(21)18(16-30)17(4)11-3/h9-10,17-21,30H,1-2,11-16H2,3-8H3/t17-,18-,19-,20-,21?,26+,27?/m0/s1. The highest BCUT2D eigenvalue weighted by atomic mass is 32.2. The molecule has 2 unspecified atom stereocenters. The number of hydrogen-bond acceptors (Lipinski definition) is 6. The highest BCUT2D eigenvalue weighted by Crippen LogP contribution is 2.72. The average Bonchev–Trinajstić information content (AvgIpc) is 3.36. The van der Waals surface area contributed by atoms with E-state index in [1.807, 2.05) is 41.5 Å². The van der Waals surface area contributed by atoms with Gasteiger partial charge in [-0.2, -0.15) is 0 Å². The molecule has 0 saturated carbocycles. The van der Waals surface area contributed by atoms with Crippen LogP contribution in [0.5, 0.6) is 0 Å². The van der Waals surface area contributed by atoms with Crippen LogP contribution in [0.3, 0.4) is 0 Å². The van der Waals surface area contributed by atoms with E-state index >= 15 is 0 Å². The zero-order chi connectivity index (χ0) is 26.3. The number of ether oxygens (including phenoxy) is 1. The number of carbonyl (C=O) groups excluding carboxylic acids is 3. The van der Waals surface area contributed by atoms with E-state index < -0.39 is 44.9 Å². The highest BCUT2D eigenvalue weighted by Gasteiger charge is 2.78. The lowest BCUT2D eigenvalue weighted by atomic mass is 9.66. The number of fused-ring (bicyclic) bond motifs is 1. The molecule has 0 radical (unpaired) electrons. The molecule has 7 atom stereocenters. The maximum Gasteiger partial charge on any atom is 0.311 e. The molecule has 0 aromatic heterocycles. The van der Waals surface area contributed by atoms with Gasteiger partial charge in [-0.15, -0.1) is 18.3 Å². The van der Waals surface area contributed by atoms with E-state index in [4.69, 9.17) is 4.74 Å². The zero-order valence-electron chi connectivity index (χ0n) is 22.1. The average molecular weight is 507 g/mol. The van der Waals surface area contributed by atoms with Crippen LogP contribution in [0.2, 0.25) is 0 Å². The summed E-state index contributed by atoms with van der Waals surface area (Å²) >= 11 is 1.61. The Balaban J connectivity index is 2.18. The van der Waals surface area contributed by atoms with Crippen LogP contribution in [-0.2, 0) is 19.1 Å². The molecule has 1 N–H and O–H groups in total. The Morgan fingerprint density at radius 2 is 1.97 bits per heavy atom. The van der Waals surface area contributed by atoms with Crippen LogP contribution >= 0.6 is 11.8 Å². The van der Waals surface area contributed by atoms with Gasteiger partial charge in [-0.25, -0.2) is 0 Å². The summed E-state index contributed by atoms with van der Waals surface area (Å²) in [5.41, 5.74) is -0.493. The first-order valence-corrected chi connectivity index (χ1v) is 13.5. The molecular formula is C27H42N2O5S. The van der Waals surface area contributed by atoms with Gasteiger partial charge in [0.05, 0.1) is 29.2 Å². The molecule has 7 nitrogen and oxygen atoms in total. The molecule has 3 fully saturated rings. The topological polar surface area (TPSA) is 87.1 Å². The minimum Gasteiger partial charge on any atom is -0.461 e. The number of amides is 2. The van der Waals surface area contributed by atoms with Gasteiger partial charge in [0.1, 0.15) is 12.6 Å². The van der Waals surface area contributed by atoms with Crippen molar-refractivity contribution in [3.05, 3.63) is 25.3 Å². The number of esters is 1. The minimum atomic E-state index is -0.769. The number of rotatable bonds is 10. The number of nitrogens with zero attached hydrogens (tertiary/aromatic N) is 2. The smallest absolute Gasteiger partial charge is 0.311 e. The van der Waals surface area contributed by atoms with Crippen molar-refractivity contribution in [3.63, 3.8) is 0 Å². The monoisotopic (exact) mass is 506 g/mol. The van der Waals surface area contributed by atoms with Crippen LogP contribution in [-0.4, -0.2) is 79.6 Å². The minimum absolute atomic E-state index is 0.0130. The summed E-state index contributed by atoms with van der Waals surface area (Å²) in [6.45, 7) is 19.6. The molecule has 196 valence electrons. The number of aliphatic hydroxyl groups excluding tert-OH is 1. The lowest BCUT2D eigenvalue weighted by Gasteiger charge is -2.44. The van der Waals surface area contributed by atoms with Gasteiger partial charge < -0.3 is 19.6 Å². The molecule has 3 rings (SSSR count). The van der Waals surface area contributed by atoms with Crippen molar-refractivity contribution in [1.82, 2.24) is 9.80 Å². The molecule has 3 heterocycles. The van der Waals surface area contributed by atoms with Gasteiger partial charge in [0.2, 0.25) is 11.8 Å². The third-order valence-corrected chi connectivity index (χ3v) is 10.3. The number of hydrogen-bond donors (Lipinski definition) is 1. The molecule has 0 aromatic rings. The lowest BCUT2D eigenvalue weighted by Crippen LogP contribution is -2.61. The van der Waals surface area contributed by atoms with E-state index in [1.54, 1.807) is 27.6 Å². The fourth-order valence-electron chi connectivity index (χ4n) is 6.37. The van der Waals surface area contributed by atoms with Crippen LogP contribution in [0.4, 0.5) is 0 Å². The number of thioether (sulfide) groups is 1. The van der Waals surface area contributed by atoms with E-state index in [9.17, 15) is 19.5 Å². The summed E-state index contributed by atoms with van der Waals surface area (Å²) < 4.78 is 4.24. The Kier molecular flexibility index (Phi) is 7.88. The van der Waals surface area contributed by atoms with Crippen molar-refractivity contribution in [3.8, 4) is 0 Å². The van der Waals surface area contributed by atoms with E-state index in [0.717, 1.165) is 12.8 Å². The highest BCUT2D eigenvalue weighted by molar-refractivity contribution is 8.02. The Morgan fingerprint density at radius 1 is 1.31 bits per heavy atom. The van der Waals surface area contributed by atoms with Crippen LogP contribution in [0.25, 0.3) is 0 Å². The van der Waals surface area contributed by atoms with Crippen molar-refractivity contribution in [2.24, 2.45) is 17.8 Å². The largest absolute Gasteiger partial charge is 0.461 e. The third kappa shape index (κ3) is 4.35. The molecule has 8 heteroatoms. The Morgan fingerprint density at radius 3 is 2.49 bits per heavy atom. The summed E-state index contributed by atoms with van der Waals surface area (Å²) in [5.74, 6) is -2.09. The van der Waals surface area contributed by atoms with E-state index in [0.29, 0.717) is 13.0 Å². The zero-order valence-corrected chi connectivity index (χ0v) is 22.9. The summed E-state index contributed by atoms with van der Waals surface area (Å²) in [5, 5.41) is 10.4. The first-order chi connectivity index (χ1) is 16.3. The van der Waals surface area contributed by atoms with Crippen LogP contribution in [0.1, 0.15) is 60.8 Å². The molecule has 3 saturated heterocycles. The fourth-order valence-corrected chi connectivity index (χ4v) is 8.70. The SMILES string of the molecule is C=CCOC(=O)[C@@H]1[C@H]2C(=O)N([C@@H](CO)[C@@H](C)CC)C(C(=O)N(CC=C)C(C)(C)C)C23CC[C@@]1(C)S3. The first kappa shape index (κ1) is 27.8. The predicted molar refractivity (Wildman–Crippen MR) is 139 cm³/mol. The fraction of sp³-hybridized carbons (Fsp3) is 0.741. The second-order valence-corrected chi connectivity index (χ2v) is 13.3. The van der Waals surface area contributed by atoms with Gasteiger partial charge in [0.25, 0.3) is 0 Å². The van der Waals surface area contributed by atoms with Crippen LogP contribution in [0.15, 0.2) is 25.3 Å². The normalized spacial score (nSPS) is 33.3. The Bertz CT molecular complexity index is 885. The maximum absolute atomic E-state index is 14.4. The molecule has 0 aromatic carbocycles. The van der Waals surface area contributed by atoms with Gasteiger partial charge in [0, 0.05) is 16.8 Å². The van der Waals surface area contributed by atoms with Crippen molar-refractivity contribution in [1.29, 1.82) is 0 Å². The van der Waals surface area contributed by atoms with Crippen LogP contribution in [0, 0.1) is 17.8 Å². The molecule has 3 aliphatic rings. The lowest BCUT2D eigenvalue weighted by molar-refractivity contribution is -0.155. The number of aliphatic hydroxyl groups is 1.